The molecule has 0 aromatic rings. The van der Waals surface area contributed by atoms with Crippen LogP contribution in [-0.4, -0.2) is 13.1 Å². The lowest BCUT2D eigenvalue weighted by Crippen LogP contribution is -2.10. The Labute approximate surface area is 64.6 Å². The van der Waals surface area contributed by atoms with Crippen LogP contribution in [0, 0.1) is 5.92 Å². The summed E-state index contributed by atoms with van der Waals surface area (Å²) in [6.45, 7) is 3.81. The first-order chi connectivity index (χ1) is 3.72. The Morgan fingerprint density at radius 1 is 1.50 bits per heavy atom. The second-order valence-electron chi connectivity index (χ2n) is 1.83. The van der Waals surface area contributed by atoms with Crippen molar-refractivity contribution in [3.63, 3.8) is 0 Å². The van der Waals surface area contributed by atoms with Gasteiger partial charge in [-0.15, -0.1) is 0 Å². The summed E-state index contributed by atoms with van der Waals surface area (Å²) in [4.78, 5) is 10.5. The van der Waals surface area contributed by atoms with Crippen LogP contribution in [0.1, 0.15) is 35.1 Å². The Bertz CT molecular complexity index is 79.3. The number of hydrogen-bond donors (Lipinski definition) is 0. The summed E-state index contributed by atoms with van der Waals surface area (Å²) in [5.74, 6) is -0.0625. The third-order valence-electron chi connectivity index (χ3n) is 1.22. The molecule has 64 valence electrons. The number of methoxy groups -OCH3 is 1. The van der Waals surface area contributed by atoms with E-state index in [0.29, 0.717) is 0 Å². The molecular formula is C8H20O2. The lowest BCUT2D eigenvalue weighted by Gasteiger charge is -2.02. The summed E-state index contributed by atoms with van der Waals surface area (Å²) in [5.41, 5.74) is 0. The molecule has 0 saturated heterocycles. The highest BCUT2D eigenvalue weighted by Crippen LogP contribution is 2.00. The molecular weight excluding hydrogens is 128 g/mol. The standard InChI is InChI=1S/C6H12O2.2CH4/c1-4-5(2)6(7)8-3;;/h5H,4H2,1-3H3;2*1H4. The van der Waals surface area contributed by atoms with E-state index in [9.17, 15) is 4.79 Å². The molecule has 0 bridgehead atoms. The molecule has 0 aliphatic heterocycles. The maximum Gasteiger partial charge on any atom is 0.308 e. The molecule has 2 heteroatoms. The number of hydrogen-bond acceptors (Lipinski definition) is 2. The zero-order chi connectivity index (χ0) is 6.57. The molecule has 0 radical (unpaired) electrons. The first kappa shape index (κ1) is 16.2. The molecule has 0 N–H and O–H groups in total. The fraction of sp³-hybridized carbons (Fsp3) is 0.875. The molecule has 0 fully saturated rings. The number of rotatable bonds is 2. The highest BCUT2D eigenvalue weighted by Gasteiger charge is 2.08. The molecule has 0 aromatic carbocycles. The minimum absolute atomic E-state index is 0. The molecule has 0 spiro atoms. The fourth-order valence-electron chi connectivity index (χ4n) is 0.368. The second kappa shape index (κ2) is 8.47. The van der Waals surface area contributed by atoms with E-state index in [4.69, 9.17) is 0 Å². The SMILES string of the molecule is C.C.CCC(C)C(=O)OC. The van der Waals surface area contributed by atoms with E-state index in [1.807, 2.05) is 13.8 Å². The van der Waals surface area contributed by atoms with Gasteiger partial charge in [-0.3, -0.25) is 4.79 Å². The Morgan fingerprint density at radius 2 is 1.90 bits per heavy atom. The van der Waals surface area contributed by atoms with E-state index in [0.717, 1.165) is 6.42 Å². The molecule has 0 heterocycles. The molecule has 2 nitrogen and oxygen atoms in total. The van der Waals surface area contributed by atoms with Crippen molar-refractivity contribution in [3.05, 3.63) is 0 Å². The average molecular weight is 148 g/mol. The van der Waals surface area contributed by atoms with E-state index < -0.39 is 0 Å². The maximum absolute atomic E-state index is 10.5. The molecule has 0 rings (SSSR count). The minimum atomic E-state index is -0.118. The van der Waals surface area contributed by atoms with Crippen LogP contribution in [0.2, 0.25) is 0 Å². The van der Waals surface area contributed by atoms with Gasteiger partial charge in [0, 0.05) is 0 Å². The van der Waals surface area contributed by atoms with Gasteiger partial charge in [0.2, 0.25) is 0 Å². The molecule has 0 saturated carbocycles. The highest BCUT2D eigenvalue weighted by molar-refractivity contribution is 5.71. The number of carbonyl (C=O) groups excluding carboxylic acids is 1. The van der Waals surface area contributed by atoms with Crippen LogP contribution in [0.3, 0.4) is 0 Å². The Morgan fingerprint density at radius 3 is 2.00 bits per heavy atom. The normalized spacial score (nSPS) is 10.3. The Kier molecular flexibility index (Phi) is 13.7. The molecule has 0 amide bonds. The van der Waals surface area contributed by atoms with Crippen LogP contribution in [-0.2, 0) is 9.53 Å². The summed E-state index contributed by atoms with van der Waals surface area (Å²) in [6.07, 6.45) is 0.854. The molecule has 1 atom stereocenters. The van der Waals surface area contributed by atoms with Crippen molar-refractivity contribution in [1.29, 1.82) is 0 Å². The topological polar surface area (TPSA) is 26.3 Å². The van der Waals surface area contributed by atoms with E-state index in [1.54, 1.807) is 0 Å². The fourth-order valence-corrected chi connectivity index (χ4v) is 0.368. The minimum Gasteiger partial charge on any atom is -0.469 e. The van der Waals surface area contributed by atoms with E-state index >= 15 is 0 Å². The van der Waals surface area contributed by atoms with Gasteiger partial charge in [-0.25, -0.2) is 0 Å². The van der Waals surface area contributed by atoms with E-state index in [1.165, 1.54) is 7.11 Å². The van der Waals surface area contributed by atoms with Crippen LogP contribution in [0.4, 0.5) is 0 Å². The predicted molar refractivity (Wildman–Crippen MR) is 44.9 cm³/mol. The zero-order valence-electron chi connectivity index (χ0n) is 5.60. The van der Waals surface area contributed by atoms with Crippen LogP contribution in [0.5, 0.6) is 0 Å². The van der Waals surface area contributed by atoms with Crippen molar-refractivity contribution >= 4 is 5.97 Å². The van der Waals surface area contributed by atoms with Crippen LogP contribution < -0.4 is 0 Å². The van der Waals surface area contributed by atoms with Crippen molar-refractivity contribution < 1.29 is 9.53 Å². The monoisotopic (exact) mass is 148 g/mol. The average Bonchev–Trinajstić information content (AvgIpc) is 1.84. The number of ether oxygens (including phenoxy) is 1. The number of carbonyl (C=O) groups is 1. The lowest BCUT2D eigenvalue weighted by molar-refractivity contribution is -0.144. The van der Waals surface area contributed by atoms with Gasteiger partial charge in [0.25, 0.3) is 0 Å². The predicted octanol–water partition coefficient (Wildman–Crippen LogP) is 2.48. The largest absolute Gasteiger partial charge is 0.469 e. The summed E-state index contributed by atoms with van der Waals surface area (Å²) in [6, 6.07) is 0. The summed E-state index contributed by atoms with van der Waals surface area (Å²) < 4.78 is 4.46. The summed E-state index contributed by atoms with van der Waals surface area (Å²) >= 11 is 0. The smallest absolute Gasteiger partial charge is 0.308 e. The first-order valence-electron chi connectivity index (χ1n) is 2.80. The molecule has 1 unspecified atom stereocenters. The van der Waals surface area contributed by atoms with Gasteiger partial charge in [0.1, 0.15) is 0 Å². The second-order valence-corrected chi connectivity index (χ2v) is 1.83. The lowest BCUT2D eigenvalue weighted by atomic mass is 10.1. The van der Waals surface area contributed by atoms with Gasteiger partial charge in [-0.05, 0) is 6.42 Å². The third-order valence-corrected chi connectivity index (χ3v) is 1.22. The summed E-state index contributed by atoms with van der Waals surface area (Å²) in [5, 5.41) is 0. The molecule has 10 heavy (non-hydrogen) atoms. The quantitative estimate of drug-likeness (QED) is 0.562. The summed E-state index contributed by atoms with van der Waals surface area (Å²) in [7, 11) is 1.41. The maximum atomic E-state index is 10.5. The zero-order valence-corrected chi connectivity index (χ0v) is 5.60. The van der Waals surface area contributed by atoms with E-state index in [2.05, 4.69) is 4.74 Å². The van der Waals surface area contributed by atoms with Crippen LogP contribution >= 0.6 is 0 Å². The van der Waals surface area contributed by atoms with Crippen molar-refractivity contribution in [2.75, 3.05) is 7.11 Å². The van der Waals surface area contributed by atoms with Crippen LogP contribution in [0.25, 0.3) is 0 Å². The Balaban J connectivity index is -0.000000245. The molecule has 0 aliphatic rings. The van der Waals surface area contributed by atoms with Crippen molar-refractivity contribution in [3.8, 4) is 0 Å². The van der Waals surface area contributed by atoms with Crippen molar-refractivity contribution in [2.24, 2.45) is 5.92 Å². The van der Waals surface area contributed by atoms with E-state index in [-0.39, 0.29) is 26.7 Å². The van der Waals surface area contributed by atoms with Crippen molar-refractivity contribution in [1.82, 2.24) is 0 Å². The number of esters is 1. The van der Waals surface area contributed by atoms with Gasteiger partial charge < -0.3 is 4.74 Å². The highest BCUT2D eigenvalue weighted by atomic mass is 16.5. The van der Waals surface area contributed by atoms with Crippen LogP contribution in [0.15, 0.2) is 0 Å². The van der Waals surface area contributed by atoms with Crippen molar-refractivity contribution in [2.45, 2.75) is 35.1 Å². The van der Waals surface area contributed by atoms with Gasteiger partial charge in [-0.2, -0.15) is 0 Å². The third kappa shape index (κ3) is 5.60. The van der Waals surface area contributed by atoms with Gasteiger partial charge in [-0.1, -0.05) is 28.7 Å². The van der Waals surface area contributed by atoms with Gasteiger partial charge >= 0.3 is 5.97 Å². The Hall–Kier alpha value is -0.530. The van der Waals surface area contributed by atoms with Gasteiger partial charge in [0.05, 0.1) is 13.0 Å². The first-order valence-corrected chi connectivity index (χ1v) is 2.80. The molecule has 0 aliphatic carbocycles. The molecule has 0 aromatic heterocycles. The van der Waals surface area contributed by atoms with Gasteiger partial charge in [0.15, 0.2) is 0 Å².